The van der Waals surface area contributed by atoms with Crippen molar-refractivity contribution in [3.63, 3.8) is 0 Å². The van der Waals surface area contributed by atoms with Gasteiger partial charge in [0.15, 0.2) is 24.8 Å². The first kappa shape index (κ1) is 41.7. The fourth-order valence-electron chi connectivity index (χ4n) is 5.04. The van der Waals surface area contributed by atoms with Crippen LogP contribution in [0.4, 0.5) is 8.78 Å². The normalized spacial score (nSPS) is 11.6. The summed E-state index contributed by atoms with van der Waals surface area (Å²) in [5, 5.41) is -5.02. The molecule has 0 N–H and O–H groups in total. The number of alkyl halides is 3. The molecule has 48 heavy (non-hydrogen) atoms. The fourth-order valence-corrected chi connectivity index (χ4v) is 7.58. The second-order valence-corrected chi connectivity index (χ2v) is 15.7. The molecule has 3 rings (SSSR count). The number of ether oxygens (including phenoxy) is 1. The number of unbranched alkanes of at least 4 members (excludes halogenated alkanes) is 14. The molecule has 0 unspecified atom stereocenters. The highest BCUT2D eigenvalue weighted by molar-refractivity contribution is 7.97. The Morgan fingerprint density at radius 3 is 1.38 bits per heavy atom. The minimum Gasteiger partial charge on any atom is -0.743 e. The predicted molar refractivity (Wildman–Crippen MR) is 192 cm³/mol. The van der Waals surface area contributed by atoms with Gasteiger partial charge in [0.1, 0.15) is 0 Å². The first-order valence-corrected chi connectivity index (χ1v) is 20.2. The largest absolute Gasteiger partial charge is 0.743 e. The van der Waals surface area contributed by atoms with E-state index in [9.17, 15) is 26.5 Å². The van der Waals surface area contributed by atoms with Gasteiger partial charge >= 0.3 is 11.2 Å². The van der Waals surface area contributed by atoms with Crippen LogP contribution in [0.25, 0.3) is 0 Å². The van der Waals surface area contributed by atoms with E-state index in [2.05, 4.69) is 96.6 Å². The van der Waals surface area contributed by atoms with Crippen molar-refractivity contribution in [3.8, 4) is 0 Å². The number of hydrogen-bond donors (Lipinski definition) is 0. The zero-order valence-corrected chi connectivity index (χ0v) is 30.5. The molecule has 0 saturated heterocycles. The van der Waals surface area contributed by atoms with Crippen molar-refractivity contribution < 1.29 is 31.3 Å². The van der Waals surface area contributed by atoms with Gasteiger partial charge in [-0.2, -0.15) is 8.78 Å². The summed E-state index contributed by atoms with van der Waals surface area (Å²) in [6.45, 7) is 1.82. The highest BCUT2D eigenvalue weighted by Crippen LogP contribution is 2.31. The van der Waals surface area contributed by atoms with Crippen LogP contribution in [0.15, 0.2) is 99.6 Å². The van der Waals surface area contributed by atoms with Crippen molar-refractivity contribution in [1.82, 2.24) is 0 Å². The van der Waals surface area contributed by atoms with Crippen molar-refractivity contribution in [2.45, 2.75) is 123 Å². The van der Waals surface area contributed by atoms with Crippen LogP contribution in [0.3, 0.4) is 0 Å². The van der Waals surface area contributed by atoms with Gasteiger partial charge in [-0.15, -0.1) is 11.6 Å². The molecule has 5 nitrogen and oxygen atoms in total. The lowest BCUT2D eigenvalue weighted by Crippen LogP contribution is -2.39. The number of carbonyl (C=O) groups excluding carboxylic acids is 1. The zero-order chi connectivity index (χ0) is 35.1. The van der Waals surface area contributed by atoms with Crippen LogP contribution < -0.4 is 0 Å². The second kappa shape index (κ2) is 23.8. The van der Waals surface area contributed by atoms with E-state index in [0.717, 1.165) is 31.6 Å². The first-order valence-electron chi connectivity index (χ1n) is 17.1. The summed E-state index contributed by atoms with van der Waals surface area (Å²) in [5.41, 5.74) is 1.30. The topological polar surface area (TPSA) is 83.5 Å². The molecule has 0 amide bonds. The van der Waals surface area contributed by atoms with Crippen molar-refractivity contribution in [3.05, 3.63) is 90.5 Å². The summed E-state index contributed by atoms with van der Waals surface area (Å²) in [6.07, 6.45) is 16.6. The van der Waals surface area contributed by atoms with Crippen LogP contribution >= 0.6 is 11.6 Å². The monoisotopic (exact) mass is 724 g/mol. The van der Waals surface area contributed by atoms with Crippen molar-refractivity contribution in [1.29, 1.82) is 0 Å². The highest BCUT2D eigenvalue weighted by Gasteiger charge is 2.48. The van der Waals surface area contributed by atoms with E-state index < -0.39 is 21.3 Å². The van der Waals surface area contributed by atoms with Crippen LogP contribution in [-0.2, 0) is 30.5 Å². The number of carbonyl (C=O) groups is 1. The van der Waals surface area contributed by atoms with E-state index in [4.69, 9.17) is 11.6 Å². The molecular formula is C38H51ClF2O5S2. The van der Waals surface area contributed by atoms with Gasteiger partial charge < -0.3 is 9.29 Å². The third-order valence-electron chi connectivity index (χ3n) is 7.78. The van der Waals surface area contributed by atoms with Crippen LogP contribution in [0.5, 0.6) is 0 Å². The summed E-state index contributed by atoms with van der Waals surface area (Å²) in [5.74, 6) is -1.53. The van der Waals surface area contributed by atoms with Gasteiger partial charge in [0, 0.05) is 5.88 Å². The fraction of sp³-hybridized carbons (Fsp3) is 0.500. The molecule has 0 heterocycles. The molecule has 0 aliphatic rings. The van der Waals surface area contributed by atoms with Crippen molar-refractivity contribution >= 4 is 38.6 Å². The van der Waals surface area contributed by atoms with Gasteiger partial charge in [-0.05, 0) is 56.2 Å². The molecular weight excluding hydrogens is 674 g/mol. The number of halogens is 3. The van der Waals surface area contributed by atoms with E-state index >= 15 is 0 Å². The van der Waals surface area contributed by atoms with E-state index in [-0.39, 0.29) is 17.5 Å². The molecule has 0 aliphatic heterocycles. The molecule has 10 heteroatoms. The zero-order valence-electron chi connectivity index (χ0n) is 28.1. The lowest BCUT2D eigenvalue weighted by molar-refractivity contribution is -0.161. The molecule has 0 fully saturated rings. The number of hydrogen-bond acceptors (Lipinski definition) is 5. The van der Waals surface area contributed by atoms with E-state index in [0.29, 0.717) is 12.8 Å². The molecule has 3 aromatic rings. The Balaban J connectivity index is 0.000000349. The molecule has 0 aliphatic carbocycles. The van der Waals surface area contributed by atoms with E-state index in [1.54, 1.807) is 0 Å². The summed E-state index contributed by atoms with van der Waals surface area (Å²) in [4.78, 5) is 15.0. The van der Waals surface area contributed by atoms with Crippen LogP contribution in [0, 0.1) is 6.92 Å². The molecule has 0 saturated carbocycles. The van der Waals surface area contributed by atoms with Crippen molar-refractivity contribution in [2.75, 3.05) is 12.5 Å². The van der Waals surface area contributed by atoms with E-state index in [1.807, 2.05) is 0 Å². The predicted octanol–water partition coefficient (Wildman–Crippen LogP) is 10.8. The average Bonchev–Trinajstić information content (AvgIpc) is 3.08. The van der Waals surface area contributed by atoms with Gasteiger partial charge in [-0.1, -0.05) is 138 Å². The number of benzene rings is 3. The van der Waals surface area contributed by atoms with Crippen LogP contribution in [0.2, 0.25) is 0 Å². The summed E-state index contributed by atoms with van der Waals surface area (Å²) in [6, 6.07) is 30.4. The Labute approximate surface area is 294 Å². The molecule has 3 aromatic carbocycles. The first-order chi connectivity index (χ1) is 23.1. The Morgan fingerprint density at radius 2 is 1.00 bits per heavy atom. The molecule has 0 aromatic heterocycles. The second-order valence-electron chi connectivity index (χ2n) is 11.8. The Bertz CT molecular complexity index is 1340. The van der Waals surface area contributed by atoms with Crippen LogP contribution in [-0.4, -0.2) is 36.7 Å². The third kappa shape index (κ3) is 16.3. The van der Waals surface area contributed by atoms with Gasteiger partial charge in [0.25, 0.3) is 0 Å². The summed E-state index contributed by atoms with van der Waals surface area (Å²) < 4.78 is 60.7. The summed E-state index contributed by atoms with van der Waals surface area (Å²) in [7, 11) is -6.06. The van der Waals surface area contributed by atoms with Gasteiger partial charge in [-0.3, -0.25) is 0 Å². The van der Waals surface area contributed by atoms with Crippen molar-refractivity contribution in [2.24, 2.45) is 0 Å². The SMILES string of the molecule is Cc1ccc([S+](c2ccccc2)c2ccccc2)cc1.O=C(OCCCCCCCCCCCCCCCCCCl)C(F)(F)S(=O)(=O)[O-]. The number of esters is 1. The quantitative estimate of drug-likeness (QED) is 0.0339. The summed E-state index contributed by atoms with van der Waals surface area (Å²) >= 11 is 5.64. The third-order valence-corrected chi connectivity index (χ3v) is 11.1. The molecule has 266 valence electrons. The maximum absolute atomic E-state index is 12.9. The Kier molecular flexibility index (Phi) is 20.7. The average molecular weight is 725 g/mol. The van der Waals surface area contributed by atoms with Gasteiger partial charge in [0.05, 0.1) is 17.5 Å². The highest BCUT2D eigenvalue weighted by atomic mass is 35.5. The Morgan fingerprint density at radius 1 is 0.646 bits per heavy atom. The lowest BCUT2D eigenvalue weighted by atomic mass is 10.0. The maximum Gasteiger partial charge on any atom is 0.428 e. The van der Waals surface area contributed by atoms with Crippen LogP contribution in [0.1, 0.15) is 102 Å². The standard InChI is InChI=1S/C19H35ClF2O5S.C19H17S/c20-16-14-12-10-8-6-4-2-1-3-5-7-9-11-13-15-17-27-18(23)19(21,22)28(24,25)26;1-16-12-14-19(15-13-16)20(17-8-4-2-5-9-17)18-10-6-3-7-11-18/h1-17H2,(H,24,25,26);2-15H,1H3/q;+1/p-1. The molecule has 0 spiro atoms. The maximum atomic E-state index is 12.9. The number of aryl methyl sites for hydroxylation is 1. The van der Waals surface area contributed by atoms with Gasteiger partial charge in [0.2, 0.25) is 0 Å². The molecule has 0 bridgehead atoms. The minimum atomic E-state index is -6.04. The molecule has 0 atom stereocenters. The lowest BCUT2D eigenvalue weighted by Gasteiger charge is -2.17. The minimum absolute atomic E-state index is 0.0229. The van der Waals surface area contributed by atoms with Gasteiger partial charge in [-0.25, -0.2) is 13.2 Å². The Hall–Kier alpha value is -2.46. The van der Waals surface area contributed by atoms with E-state index in [1.165, 1.54) is 78.0 Å². The smallest absolute Gasteiger partial charge is 0.428 e. The number of rotatable bonds is 22. The molecule has 0 radical (unpaired) electrons.